The number of rotatable bonds is 18. The van der Waals surface area contributed by atoms with Crippen molar-refractivity contribution in [3.05, 3.63) is 64.2 Å². The van der Waals surface area contributed by atoms with Crippen LogP contribution in [-0.2, 0) is 40.7 Å². The molecule has 8 heteroatoms. The van der Waals surface area contributed by atoms with E-state index in [1.54, 1.807) is 6.92 Å². The van der Waals surface area contributed by atoms with Gasteiger partial charge in [0, 0.05) is 30.4 Å². The number of carbonyl (C=O) groups is 1. The smallest absolute Gasteiger partial charge is 0.226 e. The Morgan fingerprint density at radius 1 is 0.884 bits per heavy atom. The van der Waals surface area contributed by atoms with Crippen LogP contribution in [0, 0.1) is 0 Å². The molecular formula is C35H49ClO7. The Kier molecular flexibility index (Phi) is 12.5. The second-order valence-electron chi connectivity index (χ2n) is 11.5. The Morgan fingerprint density at radius 2 is 1.51 bits per heavy atom. The van der Waals surface area contributed by atoms with E-state index < -0.39 is 29.7 Å². The highest BCUT2D eigenvalue weighted by atomic mass is 35.5. The maximum Gasteiger partial charge on any atom is 0.226 e. The molecule has 2 bridgehead atoms. The standard InChI is InChI=1S/C35H49ClO7/c1-6-10-19-39-31-32(40-20-11-7-2)34(25(5)37)24-42-35(43-34,33(31)41-21-12-8-3)28-15-18-30(36)27(23-28)22-26-13-16-29(17-14-26)38-9-4/h13-18,23,31-33H,6-12,19-22,24H2,1-5H3/t31-,32-,33+,34+,35-/m0/s1. The number of fused-ring (bicyclic) bond motifs is 2. The van der Waals surface area contributed by atoms with Gasteiger partial charge in [-0.3, -0.25) is 4.79 Å². The largest absolute Gasteiger partial charge is 0.494 e. The second kappa shape index (κ2) is 15.8. The Hall–Kier alpha value is -2.00. The normalized spacial score (nSPS) is 26.5. The summed E-state index contributed by atoms with van der Waals surface area (Å²) in [5, 5.41) is 0.639. The summed E-state index contributed by atoms with van der Waals surface area (Å²) in [5.74, 6) is -0.674. The van der Waals surface area contributed by atoms with E-state index in [1.807, 2.05) is 49.4 Å². The summed E-state index contributed by atoms with van der Waals surface area (Å²) in [4.78, 5) is 13.5. The average Bonchev–Trinajstić information content (AvgIpc) is 3.37. The molecule has 0 unspecified atom stereocenters. The summed E-state index contributed by atoms with van der Waals surface area (Å²) in [7, 11) is 0. The summed E-state index contributed by atoms with van der Waals surface area (Å²) in [5.41, 5.74) is 1.45. The van der Waals surface area contributed by atoms with Crippen LogP contribution in [0.4, 0.5) is 0 Å². The molecule has 2 aromatic carbocycles. The number of benzene rings is 2. The van der Waals surface area contributed by atoms with Gasteiger partial charge in [-0.05, 0) is 74.9 Å². The van der Waals surface area contributed by atoms with Gasteiger partial charge in [0.15, 0.2) is 11.4 Å². The number of Topliss-reactive ketones (excluding diaryl/α,β-unsaturated/α-hetero) is 1. The van der Waals surface area contributed by atoms with Crippen LogP contribution in [0.1, 0.15) is 89.8 Å². The molecule has 0 saturated carbocycles. The first-order valence-electron chi connectivity index (χ1n) is 16.1. The van der Waals surface area contributed by atoms with Crippen LogP contribution in [-0.4, -0.2) is 62.7 Å². The summed E-state index contributed by atoms with van der Waals surface area (Å²) in [6.45, 7) is 12.1. The number of ether oxygens (including phenoxy) is 6. The van der Waals surface area contributed by atoms with Gasteiger partial charge in [-0.2, -0.15) is 0 Å². The molecule has 0 aliphatic carbocycles. The molecule has 2 aliphatic heterocycles. The molecule has 43 heavy (non-hydrogen) atoms. The second-order valence-corrected chi connectivity index (χ2v) is 11.9. The highest BCUT2D eigenvalue weighted by molar-refractivity contribution is 6.31. The molecule has 0 N–H and O–H groups in total. The lowest BCUT2D eigenvalue weighted by atomic mass is 9.81. The highest BCUT2D eigenvalue weighted by Gasteiger charge is 2.71. The van der Waals surface area contributed by atoms with E-state index in [2.05, 4.69) is 20.8 Å². The van der Waals surface area contributed by atoms with Gasteiger partial charge in [-0.25, -0.2) is 0 Å². The van der Waals surface area contributed by atoms with E-state index in [1.165, 1.54) is 0 Å². The first-order chi connectivity index (χ1) is 20.8. The number of hydrogen-bond donors (Lipinski definition) is 0. The molecule has 2 aromatic rings. The molecular weight excluding hydrogens is 568 g/mol. The van der Waals surface area contributed by atoms with Gasteiger partial charge in [0.25, 0.3) is 0 Å². The summed E-state index contributed by atoms with van der Waals surface area (Å²) >= 11 is 6.75. The van der Waals surface area contributed by atoms with E-state index in [0.29, 0.717) is 37.9 Å². The van der Waals surface area contributed by atoms with Crippen LogP contribution in [0.25, 0.3) is 0 Å². The fourth-order valence-electron chi connectivity index (χ4n) is 5.84. The Labute approximate surface area is 262 Å². The van der Waals surface area contributed by atoms with Crippen molar-refractivity contribution in [1.29, 1.82) is 0 Å². The minimum absolute atomic E-state index is 0.0528. The maximum atomic E-state index is 13.5. The molecule has 238 valence electrons. The van der Waals surface area contributed by atoms with E-state index >= 15 is 0 Å². The molecule has 0 radical (unpaired) electrons. The number of unbranched alkanes of at least 4 members (excludes halogenated alkanes) is 3. The van der Waals surface area contributed by atoms with Gasteiger partial charge in [-0.1, -0.05) is 69.8 Å². The first-order valence-corrected chi connectivity index (χ1v) is 16.4. The van der Waals surface area contributed by atoms with Gasteiger partial charge in [0.2, 0.25) is 5.79 Å². The zero-order chi connectivity index (χ0) is 30.9. The van der Waals surface area contributed by atoms with Crippen LogP contribution < -0.4 is 4.74 Å². The molecule has 0 spiro atoms. The molecule has 2 fully saturated rings. The summed E-state index contributed by atoms with van der Waals surface area (Å²) in [6.07, 6.45) is 4.28. The van der Waals surface area contributed by atoms with Crippen molar-refractivity contribution < 1.29 is 33.2 Å². The fraction of sp³-hybridized carbons (Fsp3) is 0.629. The SMILES string of the molecule is CCCCO[C@@H]1[C@@H](OCCCC)[C@@]2(c3ccc(Cl)c(Cc4ccc(OCC)cc4)c3)OC[C@](C(C)=O)(O2)[C@H]1OCCCC. The summed E-state index contributed by atoms with van der Waals surface area (Å²) < 4.78 is 38.8. The average molecular weight is 617 g/mol. The lowest BCUT2D eigenvalue weighted by molar-refractivity contribution is -0.338. The predicted octanol–water partition coefficient (Wildman–Crippen LogP) is 7.43. The minimum atomic E-state index is -1.36. The van der Waals surface area contributed by atoms with E-state index in [4.69, 9.17) is 40.0 Å². The van der Waals surface area contributed by atoms with Crippen LogP contribution in [0.5, 0.6) is 5.75 Å². The lowest BCUT2D eigenvalue weighted by Gasteiger charge is -2.50. The monoisotopic (exact) mass is 616 g/mol. The summed E-state index contributed by atoms with van der Waals surface area (Å²) in [6, 6.07) is 13.8. The van der Waals surface area contributed by atoms with Crippen molar-refractivity contribution in [3.63, 3.8) is 0 Å². The fourth-order valence-corrected chi connectivity index (χ4v) is 6.03. The molecule has 0 aromatic heterocycles. The maximum absolute atomic E-state index is 13.5. The van der Waals surface area contributed by atoms with E-state index in [9.17, 15) is 4.79 Å². The quantitative estimate of drug-likeness (QED) is 0.161. The zero-order valence-corrected chi connectivity index (χ0v) is 27.3. The Balaban J connectivity index is 1.76. The van der Waals surface area contributed by atoms with Crippen molar-refractivity contribution in [2.75, 3.05) is 33.0 Å². The van der Waals surface area contributed by atoms with Crippen molar-refractivity contribution in [2.45, 2.75) is 109 Å². The highest BCUT2D eigenvalue weighted by Crippen LogP contribution is 2.53. The Morgan fingerprint density at radius 3 is 2.12 bits per heavy atom. The third kappa shape index (κ3) is 7.46. The molecule has 5 atom stereocenters. The molecule has 7 nitrogen and oxygen atoms in total. The van der Waals surface area contributed by atoms with Crippen LogP contribution in [0.3, 0.4) is 0 Å². The molecule has 2 aliphatic rings. The molecule has 4 rings (SSSR count). The lowest BCUT2D eigenvalue weighted by Crippen LogP contribution is -2.68. The van der Waals surface area contributed by atoms with Gasteiger partial charge in [0.05, 0.1) is 13.2 Å². The number of ketones is 1. The topological polar surface area (TPSA) is 72.5 Å². The minimum Gasteiger partial charge on any atom is -0.494 e. The van der Waals surface area contributed by atoms with Crippen LogP contribution >= 0.6 is 11.6 Å². The zero-order valence-electron chi connectivity index (χ0n) is 26.5. The van der Waals surface area contributed by atoms with Gasteiger partial charge >= 0.3 is 0 Å². The van der Waals surface area contributed by atoms with Crippen molar-refractivity contribution in [1.82, 2.24) is 0 Å². The van der Waals surface area contributed by atoms with Crippen LogP contribution in [0.2, 0.25) is 5.02 Å². The van der Waals surface area contributed by atoms with Crippen LogP contribution in [0.15, 0.2) is 42.5 Å². The van der Waals surface area contributed by atoms with Gasteiger partial charge in [-0.15, -0.1) is 0 Å². The van der Waals surface area contributed by atoms with Crippen molar-refractivity contribution in [3.8, 4) is 5.75 Å². The van der Waals surface area contributed by atoms with Gasteiger partial charge < -0.3 is 28.4 Å². The Bertz CT molecular complexity index is 1170. The molecule has 0 amide bonds. The number of hydrogen-bond acceptors (Lipinski definition) is 7. The van der Waals surface area contributed by atoms with E-state index in [-0.39, 0.29) is 12.4 Å². The number of halogens is 1. The first kappa shape index (κ1) is 33.9. The van der Waals surface area contributed by atoms with Gasteiger partial charge in [0.1, 0.15) is 24.1 Å². The van der Waals surface area contributed by atoms with Crippen molar-refractivity contribution in [2.24, 2.45) is 0 Å². The third-order valence-corrected chi connectivity index (χ3v) is 8.71. The molecule has 2 heterocycles. The molecule has 2 saturated heterocycles. The third-order valence-electron chi connectivity index (χ3n) is 8.34. The predicted molar refractivity (Wildman–Crippen MR) is 168 cm³/mol. The van der Waals surface area contributed by atoms with Crippen molar-refractivity contribution >= 4 is 17.4 Å². The number of carbonyl (C=O) groups excluding carboxylic acids is 1. The van der Waals surface area contributed by atoms with E-state index in [0.717, 1.165) is 61.0 Å².